The molecule has 0 aliphatic carbocycles. The highest BCUT2D eigenvalue weighted by molar-refractivity contribution is 9.10. The molecule has 1 aromatic carbocycles. The maximum absolute atomic E-state index is 12.2. The van der Waals surface area contributed by atoms with Gasteiger partial charge in [-0.2, -0.15) is 0 Å². The van der Waals surface area contributed by atoms with Crippen LogP contribution < -0.4 is 10.5 Å². The molecule has 0 bridgehead atoms. The number of Topliss-reactive ketones (excluding diaryl/α,β-unsaturated/α-hetero) is 1. The number of rotatable bonds is 4. The zero-order chi connectivity index (χ0) is 14.9. The van der Waals surface area contributed by atoms with Crippen molar-refractivity contribution in [1.82, 2.24) is 0 Å². The molecule has 19 heavy (non-hydrogen) atoms. The summed E-state index contributed by atoms with van der Waals surface area (Å²) in [6, 6.07) is -1.60. The van der Waals surface area contributed by atoms with Crippen molar-refractivity contribution in [3.05, 3.63) is 26.7 Å². The van der Waals surface area contributed by atoms with Crippen LogP contribution in [0.2, 0.25) is 0 Å². The lowest BCUT2D eigenvalue weighted by molar-refractivity contribution is -0.137. The fourth-order valence-electron chi connectivity index (χ4n) is 1.90. The Kier molecular flexibility index (Phi) is 4.70. The summed E-state index contributed by atoms with van der Waals surface area (Å²) in [6.07, 6.45) is 0. The summed E-state index contributed by atoms with van der Waals surface area (Å²) in [5.41, 5.74) is 7.96. The third kappa shape index (κ3) is 2.64. The van der Waals surface area contributed by atoms with Gasteiger partial charge >= 0.3 is 5.97 Å². The van der Waals surface area contributed by atoms with Crippen molar-refractivity contribution in [2.45, 2.75) is 26.8 Å². The van der Waals surface area contributed by atoms with Crippen LogP contribution in [0.4, 0.5) is 0 Å². The molecule has 1 rings (SSSR count). The van der Waals surface area contributed by atoms with E-state index in [1.165, 1.54) is 7.11 Å². The molecule has 1 unspecified atom stereocenters. The van der Waals surface area contributed by atoms with Crippen molar-refractivity contribution in [2.24, 2.45) is 5.73 Å². The van der Waals surface area contributed by atoms with Gasteiger partial charge in [0.1, 0.15) is 5.75 Å². The number of aliphatic carboxylic acids is 1. The lowest BCUT2D eigenvalue weighted by atomic mass is 9.93. The number of ketones is 1. The summed E-state index contributed by atoms with van der Waals surface area (Å²) in [5.74, 6) is -1.65. The van der Waals surface area contributed by atoms with Crippen LogP contribution >= 0.6 is 15.9 Å². The van der Waals surface area contributed by atoms with Crippen molar-refractivity contribution in [2.75, 3.05) is 7.11 Å². The highest BCUT2D eigenvalue weighted by Crippen LogP contribution is 2.36. The van der Waals surface area contributed by atoms with Gasteiger partial charge in [-0.25, -0.2) is 0 Å². The third-order valence-electron chi connectivity index (χ3n) is 3.16. The fourth-order valence-corrected chi connectivity index (χ4v) is 2.40. The molecule has 0 saturated carbocycles. The van der Waals surface area contributed by atoms with Crippen molar-refractivity contribution < 1.29 is 19.4 Å². The Morgan fingerprint density at radius 1 is 1.21 bits per heavy atom. The van der Waals surface area contributed by atoms with E-state index < -0.39 is 17.8 Å². The molecule has 3 N–H and O–H groups in total. The van der Waals surface area contributed by atoms with E-state index in [9.17, 15) is 9.59 Å². The molecule has 1 aromatic rings. The lowest BCUT2D eigenvalue weighted by Crippen LogP contribution is -2.39. The van der Waals surface area contributed by atoms with Crippen LogP contribution in [0.15, 0.2) is 4.47 Å². The predicted molar refractivity (Wildman–Crippen MR) is 74.8 cm³/mol. The summed E-state index contributed by atoms with van der Waals surface area (Å²) < 4.78 is 6.01. The van der Waals surface area contributed by atoms with Gasteiger partial charge in [-0.05, 0) is 37.5 Å². The van der Waals surface area contributed by atoms with E-state index in [-0.39, 0.29) is 5.56 Å². The second kappa shape index (κ2) is 5.71. The van der Waals surface area contributed by atoms with Gasteiger partial charge in [0.05, 0.1) is 12.7 Å². The zero-order valence-electron chi connectivity index (χ0n) is 11.2. The Hall–Kier alpha value is -1.40. The minimum Gasteiger partial charge on any atom is -0.496 e. The number of carboxylic acid groups (broad SMARTS) is 1. The standard InChI is InChI=1S/C13H16BrNO4/c1-5-6(2)12(19-4)8(7(3)9(5)14)11(16)10(15)13(17)18/h10H,15H2,1-4H3,(H,17,18). The van der Waals surface area contributed by atoms with Crippen LogP contribution in [0.1, 0.15) is 27.0 Å². The summed E-state index contributed by atoms with van der Waals surface area (Å²) in [5, 5.41) is 8.86. The molecule has 104 valence electrons. The van der Waals surface area contributed by atoms with E-state index >= 15 is 0 Å². The molecule has 0 heterocycles. The highest BCUT2D eigenvalue weighted by atomic mass is 79.9. The first-order valence-corrected chi connectivity index (χ1v) is 6.39. The number of benzene rings is 1. The van der Waals surface area contributed by atoms with Crippen LogP contribution in [0, 0.1) is 20.8 Å². The molecule has 1 atom stereocenters. The molecule has 0 amide bonds. The second-order valence-corrected chi connectivity index (χ2v) is 5.07. The number of ether oxygens (including phenoxy) is 1. The summed E-state index contributed by atoms with van der Waals surface area (Å²) >= 11 is 3.40. The van der Waals surface area contributed by atoms with Gasteiger partial charge < -0.3 is 15.6 Å². The number of carboxylic acids is 1. The first-order chi connectivity index (χ1) is 8.73. The Morgan fingerprint density at radius 2 is 1.74 bits per heavy atom. The molecule has 0 saturated heterocycles. The molecule has 0 fully saturated rings. The molecule has 6 heteroatoms. The first kappa shape index (κ1) is 15.7. The average molecular weight is 330 g/mol. The van der Waals surface area contributed by atoms with Crippen molar-refractivity contribution in [3.8, 4) is 5.75 Å². The minimum atomic E-state index is -1.60. The first-order valence-electron chi connectivity index (χ1n) is 5.59. The Balaban J connectivity index is 3.59. The SMILES string of the molecule is COc1c(C)c(C)c(Br)c(C)c1C(=O)C(N)C(=O)O. The quantitative estimate of drug-likeness (QED) is 0.651. The van der Waals surface area contributed by atoms with Crippen molar-refractivity contribution >= 4 is 27.7 Å². The third-order valence-corrected chi connectivity index (χ3v) is 4.35. The van der Waals surface area contributed by atoms with Crippen LogP contribution in [0.5, 0.6) is 5.75 Å². The van der Waals surface area contributed by atoms with E-state index in [0.717, 1.165) is 15.6 Å². The lowest BCUT2D eigenvalue weighted by Gasteiger charge is -2.19. The molecule has 5 nitrogen and oxygen atoms in total. The fraction of sp³-hybridized carbons (Fsp3) is 0.385. The van der Waals surface area contributed by atoms with E-state index in [0.29, 0.717) is 11.3 Å². The molecule has 0 aliphatic heterocycles. The van der Waals surface area contributed by atoms with Gasteiger partial charge in [-0.1, -0.05) is 15.9 Å². The number of carbonyl (C=O) groups excluding carboxylic acids is 1. The monoisotopic (exact) mass is 329 g/mol. The average Bonchev–Trinajstić information content (AvgIpc) is 2.38. The minimum absolute atomic E-state index is 0.215. The van der Waals surface area contributed by atoms with Crippen molar-refractivity contribution in [3.63, 3.8) is 0 Å². The van der Waals surface area contributed by atoms with Crippen molar-refractivity contribution in [1.29, 1.82) is 0 Å². The smallest absolute Gasteiger partial charge is 0.328 e. The van der Waals surface area contributed by atoms with Gasteiger partial charge in [0.15, 0.2) is 11.8 Å². The van der Waals surface area contributed by atoms with Gasteiger partial charge in [0.25, 0.3) is 0 Å². The largest absolute Gasteiger partial charge is 0.496 e. The number of nitrogens with two attached hydrogens (primary N) is 1. The Bertz CT molecular complexity index is 554. The summed E-state index contributed by atoms with van der Waals surface area (Å²) in [6.45, 7) is 5.42. The van der Waals surface area contributed by atoms with Gasteiger partial charge in [0, 0.05) is 4.47 Å². The summed E-state index contributed by atoms with van der Waals surface area (Å²) in [4.78, 5) is 23.1. The Morgan fingerprint density at radius 3 is 2.16 bits per heavy atom. The van der Waals surface area contributed by atoms with Crippen LogP contribution in [0.25, 0.3) is 0 Å². The number of halogens is 1. The van der Waals surface area contributed by atoms with Gasteiger partial charge in [0.2, 0.25) is 0 Å². The topological polar surface area (TPSA) is 89.6 Å². The molecule has 0 radical (unpaired) electrons. The molecule has 0 aromatic heterocycles. The van der Waals surface area contributed by atoms with Gasteiger partial charge in [-0.3, -0.25) is 9.59 Å². The van der Waals surface area contributed by atoms with E-state index in [1.54, 1.807) is 13.8 Å². The molecule has 0 aliphatic rings. The van der Waals surface area contributed by atoms with Gasteiger partial charge in [-0.15, -0.1) is 0 Å². The van der Waals surface area contributed by atoms with Crippen LogP contribution in [-0.2, 0) is 4.79 Å². The van der Waals surface area contributed by atoms with E-state index in [1.807, 2.05) is 6.92 Å². The van der Waals surface area contributed by atoms with Crippen LogP contribution in [-0.4, -0.2) is 30.0 Å². The second-order valence-electron chi connectivity index (χ2n) is 4.28. The highest BCUT2D eigenvalue weighted by Gasteiger charge is 2.29. The number of hydrogen-bond acceptors (Lipinski definition) is 4. The normalized spacial score (nSPS) is 12.1. The van der Waals surface area contributed by atoms with E-state index in [4.69, 9.17) is 15.6 Å². The molecular formula is C13H16BrNO4. The number of carbonyl (C=O) groups is 2. The maximum atomic E-state index is 12.2. The Labute approximate surface area is 119 Å². The molecule has 0 spiro atoms. The predicted octanol–water partition coefficient (Wildman–Crippen LogP) is 1.98. The maximum Gasteiger partial charge on any atom is 0.328 e. The van der Waals surface area contributed by atoms with E-state index in [2.05, 4.69) is 15.9 Å². The number of hydrogen-bond donors (Lipinski definition) is 2. The van der Waals surface area contributed by atoms with Crippen LogP contribution in [0.3, 0.4) is 0 Å². The zero-order valence-corrected chi connectivity index (χ0v) is 12.8. The molecular weight excluding hydrogens is 314 g/mol. The number of methoxy groups -OCH3 is 1. The summed E-state index contributed by atoms with van der Waals surface area (Å²) in [7, 11) is 1.44.